The quantitative estimate of drug-likeness (QED) is 0.812. The van der Waals surface area contributed by atoms with Crippen molar-refractivity contribution in [3.8, 4) is 0 Å². The molecule has 0 aromatic carbocycles. The molecule has 0 atom stereocenters. The van der Waals surface area contributed by atoms with Crippen LogP contribution in [0.15, 0.2) is 33.4 Å². The lowest BCUT2D eigenvalue weighted by atomic mass is 10.4. The van der Waals surface area contributed by atoms with Gasteiger partial charge in [0.1, 0.15) is 11.5 Å². The summed E-state index contributed by atoms with van der Waals surface area (Å²) in [7, 11) is 3.47. The molecule has 0 fully saturated rings. The maximum absolute atomic E-state index is 11.8. The first-order valence-corrected chi connectivity index (χ1v) is 5.36. The Kier molecular flexibility index (Phi) is 2.97. The third-order valence-electron chi connectivity index (χ3n) is 2.81. The van der Waals surface area contributed by atoms with Crippen LogP contribution in [-0.4, -0.2) is 14.3 Å². The predicted octanol–water partition coefficient (Wildman–Crippen LogP) is 1.42. The summed E-state index contributed by atoms with van der Waals surface area (Å²) in [5.41, 5.74) is 6.93. The lowest BCUT2D eigenvalue weighted by Gasteiger charge is -1.99. The number of pyridine rings is 1. The Labute approximate surface area is 104 Å². The van der Waals surface area contributed by atoms with Crippen LogP contribution in [0.3, 0.4) is 0 Å². The SMILES string of the molecule is Cc1c(N=Nc2ccc(N)nc2)c(=O)n(C)n1C. The van der Waals surface area contributed by atoms with Crippen molar-refractivity contribution in [2.24, 2.45) is 24.3 Å². The van der Waals surface area contributed by atoms with E-state index >= 15 is 0 Å². The minimum Gasteiger partial charge on any atom is -0.384 e. The van der Waals surface area contributed by atoms with Crippen molar-refractivity contribution in [2.75, 3.05) is 5.73 Å². The molecule has 0 aliphatic rings. The van der Waals surface area contributed by atoms with Gasteiger partial charge >= 0.3 is 0 Å². The molecule has 0 saturated carbocycles. The summed E-state index contributed by atoms with van der Waals surface area (Å²) in [4.78, 5) is 15.7. The van der Waals surface area contributed by atoms with Crippen LogP contribution >= 0.6 is 0 Å². The van der Waals surface area contributed by atoms with Crippen LogP contribution in [0, 0.1) is 6.92 Å². The second-order valence-corrected chi connectivity index (χ2v) is 3.93. The van der Waals surface area contributed by atoms with E-state index in [0.717, 1.165) is 5.69 Å². The van der Waals surface area contributed by atoms with E-state index in [1.807, 2.05) is 6.92 Å². The number of rotatable bonds is 2. The molecule has 0 aliphatic heterocycles. The zero-order valence-corrected chi connectivity index (χ0v) is 10.5. The van der Waals surface area contributed by atoms with Crippen LogP contribution in [0.5, 0.6) is 0 Å². The fourth-order valence-corrected chi connectivity index (χ4v) is 1.50. The summed E-state index contributed by atoms with van der Waals surface area (Å²) in [5.74, 6) is 0.417. The Hall–Kier alpha value is -2.44. The number of hydrogen-bond donors (Lipinski definition) is 1. The van der Waals surface area contributed by atoms with Crippen molar-refractivity contribution < 1.29 is 0 Å². The first kappa shape index (κ1) is 12.0. The molecule has 7 heteroatoms. The van der Waals surface area contributed by atoms with Crippen molar-refractivity contribution in [3.05, 3.63) is 34.4 Å². The number of hydrogen-bond acceptors (Lipinski definition) is 5. The molecule has 0 radical (unpaired) electrons. The lowest BCUT2D eigenvalue weighted by molar-refractivity contribution is 0.567. The highest BCUT2D eigenvalue weighted by atomic mass is 16.1. The van der Waals surface area contributed by atoms with E-state index in [1.54, 1.807) is 30.9 Å². The molecule has 7 nitrogen and oxygen atoms in total. The molecule has 94 valence electrons. The van der Waals surface area contributed by atoms with E-state index in [1.165, 1.54) is 10.9 Å². The van der Waals surface area contributed by atoms with Crippen molar-refractivity contribution in [1.82, 2.24) is 14.3 Å². The van der Waals surface area contributed by atoms with Gasteiger partial charge in [0.15, 0.2) is 5.69 Å². The second-order valence-electron chi connectivity index (χ2n) is 3.93. The normalized spacial score (nSPS) is 11.3. The molecule has 2 heterocycles. The van der Waals surface area contributed by atoms with Gasteiger partial charge in [-0.1, -0.05) is 0 Å². The fraction of sp³-hybridized carbons (Fsp3) is 0.273. The molecule has 0 bridgehead atoms. The first-order valence-electron chi connectivity index (χ1n) is 5.36. The van der Waals surface area contributed by atoms with E-state index in [0.29, 0.717) is 17.2 Å². The van der Waals surface area contributed by atoms with Gasteiger partial charge in [0.2, 0.25) is 0 Å². The third-order valence-corrected chi connectivity index (χ3v) is 2.81. The highest BCUT2D eigenvalue weighted by Crippen LogP contribution is 2.18. The highest BCUT2D eigenvalue weighted by molar-refractivity contribution is 5.43. The predicted molar refractivity (Wildman–Crippen MR) is 68.2 cm³/mol. The summed E-state index contributed by atoms with van der Waals surface area (Å²) in [6.45, 7) is 1.82. The van der Waals surface area contributed by atoms with Crippen LogP contribution in [0.4, 0.5) is 17.2 Å². The first-order chi connectivity index (χ1) is 8.50. The molecule has 2 rings (SSSR count). The third kappa shape index (κ3) is 2.02. The number of nitrogen functional groups attached to an aromatic ring is 1. The number of aromatic nitrogens is 3. The zero-order valence-electron chi connectivity index (χ0n) is 10.5. The Morgan fingerprint density at radius 2 is 1.94 bits per heavy atom. The van der Waals surface area contributed by atoms with Crippen molar-refractivity contribution in [1.29, 1.82) is 0 Å². The molecule has 0 saturated heterocycles. The summed E-state index contributed by atoms with van der Waals surface area (Å²) in [6, 6.07) is 3.32. The van der Waals surface area contributed by atoms with Crippen LogP contribution in [0.1, 0.15) is 5.69 Å². The van der Waals surface area contributed by atoms with Crippen LogP contribution in [0.25, 0.3) is 0 Å². The van der Waals surface area contributed by atoms with Crippen LogP contribution in [-0.2, 0) is 14.1 Å². The summed E-state index contributed by atoms with van der Waals surface area (Å²) < 4.78 is 3.20. The molecule has 2 aromatic heterocycles. The van der Waals surface area contributed by atoms with Gasteiger partial charge in [0.25, 0.3) is 5.56 Å². The van der Waals surface area contributed by atoms with Crippen molar-refractivity contribution in [2.45, 2.75) is 6.92 Å². The molecule has 2 aromatic rings. The number of nitrogens with two attached hydrogens (primary N) is 1. The maximum atomic E-state index is 11.8. The van der Waals surface area contributed by atoms with Gasteiger partial charge in [-0.2, -0.15) is 0 Å². The molecule has 18 heavy (non-hydrogen) atoms. The summed E-state index contributed by atoms with van der Waals surface area (Å²) >= 11 is 0. The molecule has 0 amide bonds. The van der Waals surface area contributed by atoms with Gasteiger partial charge in [-0.3, -0.25) is 14.2 Å². The van der Waals surface area contributed by atoms with Gasteiger partial charge in [0, 0.05) is 14.1 Å². The Balaban J connectivity index is 2.38. The van der Waals surface area contributed by atoms with E-state index in [2.05, 4.69) is 15.2 Å². The van der Waals surface area contributed by atoms with Crippen LogP contribution < -0.4 is 11.3 Å². The molecular weight excluding hydrogens is 232 g/mol. The average Bonchev–Trinajstić information content (AvgIpc) is 2.54. The molecule has 2 N–H and O–H groups in total. The molecule has 0 aliphatic carbocycles. The molecule has 0 spiro atoms. The van der Waals surface area contributed by atoms with Gasteiger partial charge in [-0.15, -0.1) is 10.2 Å². The topological polar surface area (TPSA) is 90.6 Å². The number of anilines is 1. The number of azo groups is 1. The van der Waals surface area contributed by atoms with Gasteiger partial charge in [-0.25, -0.2) is 4.98 Å². The monoisotopic (exact) mass is 246 g/mol. The van der Waals surface area contributed by atoms with Crippen molar-refractivity contribution >= 4 is 17.2 Å². The minimum atomic E-state index is -0.179. The van der Waals surface area contributed by atoms with Crippen LogP contribution in [0.2, 0.25) is 0 Å². The maximum Gasteiger partial charge on any atom is 0.294 e. The van der Waals surface area contributed by atoms with Gasteiger partial charge < -0.3 is 5.73 Å². The number of nitrogens with zero attached hydrogens (tertiary/aromatic N) is 5. The van der Waals surface area contributed by atoms with E-state index in [-0.39, 0.29) is 5.56 Å². The smallest absolute Gasteiger partial charge is 0.294 e. The Morgan fingerprint density at radius 3 is 2.44 bits per heavy atom. The van der Waals surface area contributed by atoms with E-state index in [4.69, 9.17) is 5.73 Å². The Morgan fingerprint density at radius 1 is 1.22 bits per heavy atom. The van der Waals surface area contributed by atoms with E-state index in [9.17, 15) is 4.79 Å². The average molecular weight is 246 g/mol. The fourth-order valence-electron chi connectivity index (χ4n) is 1.50. The van der Waals surface area contributed by atoms with Gasteiger partial charge in [-0.05, 0) is 19.1 Å². The molecule has 0 unspecified atom stereocenters. The lowest BCUT2D eigenvalue weighted by Crippen LogP contribution is -2.16. The molecular formula is C11H14N6O. The highest BCUT2D eigenvalue weighted by Gasteiger charge is 2.11. The van der Waals surface area contributed by atoms with E-state index < -0.39 is 0 Å². The zero-order chi connectivity index (χ0) is 13.3. The second kappa shape index (κ2) is 4.44. The standard InChI is InChI=1S/C11H14N6O/c1-7-10(11(18)17(3)16(7)2)15-14-8-4-5-9(12)13-6-8/h4-6H,1-3H3,(H2,12,13). The minimum absolute atomic E-state index is 0.179. The Bertz CT molecular complexity index is 649. The van der Waals surface area contributed by atoms with Crippen molar-refractivity contribution in [3.63, 3.8) is 0 Å². The van der Waals surface area contributed by atoms with Gasteiger partial charge in [0.05, 0.1) is 11.9 Å². The summed E-state index contributed by atoms with van der Waals surface area (Å²) in [5, 5.41) is 7.95. The summed E-state index contributed by atoms with van der Waals surface area (Å²) in [6.07, 6.45) is 1.50. The largest absolute Gasteiger partial charge is 0.384 e.